The molecule has 2 atom stereocenters. The summed E-state index contributed by atoms with van der Waals surface area (Å²) in [5.41, 5.74) is 4.82. The van der Waals surface area contributed by atoms with Gasteiger partial charge in [0.15, 0.2) is 5.65 Å². The molecule has 6 heteroatoms. The van der Waals surface area contributed by atoms with E-state index in [1.807, 2.05) is 45.2 Å². The largest absolute Gasteiger partial charge is 0.396 e. The van der Waals surface area contributed by atoms with Crippen LogP contribution in [-0.2, 0) is 11.2 Å². The van der Waals surface area contributed by atoms with E-state index in [-0.39, 0.29) is 24.5 Å². The Morgan fingerprint density at radius 1 is 1.35 bits per heavy atom. The fourth-order valence-corrected chi connectivity index (χ4v) is 2.67. The molecule has 2 unspecified atom stereocenters. The third kappa shape index (κ3) is 3.88. The van der Waals surface area contributed by atoms with E-state index in [1.54, 1.807) is 0 Å². The van der Waals surface area contributed by atoms with Crippen molar-refractivity contribution in [3.8, 4) is 0 Å². The molecule has 0 bridgehead atoms. The van der Waals surface area contributed by atoms with Crippen LogP contribution in [0.4, 0.5) is 0 Å². The summed E-state index contributed by atoms with van der Waals surface area (Å²) in [6.45, 7) is 9.82. The minimum absolute atomic E-state index is 0.00616. The predicted octanol–water partition coefficient (Wildman–Crippen LogP) is 1.72. The topological polar surface area (TPSA) is 79.5 Å². The monoisotopic (exact) mass is 318 g/mol. The normalized spacial score (nSPS) is 14.0. The van der Waals surface area contributed by atoms with Gasteiger partial charge in [0.05, 0.1) is 5.69 Å². The maximum absolute atomic E-state index is 12.1. The summed E-state index contributed by atoms with van der Waals surface area (Å²) in [6.07, 6.45) is 1.03. The molecule has 0 aromatic carbocycles. The van der Waals surface area contributed by atoms with Crippen molar-refractivity contribution in [1.82, 2.24) is 19.9 Å². The molecule has 2 aromatic rings. The van der Waals surface area contributed by atoms with E-state index in [9.17, 15) is 4.79 Å². The van der Waals surface area contributed by atoms with Crippen LogP contribution < -0.4 is 5.32 Å². The molecule has 0 aliphatic rings. The number of rotatable bonds is 6. The van der Waals surface area contributed by atoms with Crippen LogP contribution in [0.1, 0.15) is 42.9 Å². The molecule has 0 fully saturated rings. The number of aromatic nitrogens is 3. The molecular weight excluding hydrogens is 292 g/mol. The molecule has 0 saturated carbocycles. The molecule has 126 valence electrons. The van der Waals surface area contributed by atoms with Gasteiger partial charge in [-0.15, -0.1) is 0 Å². The van der Waals surface area contributed by atoms with E-state index in [0.717, 1.165) is 28.3 Å². The summed E-state index contributed by atoms with van der Waals surface area (Å²) in [5.74, 6) is 0.0424. The maximum atomic E-state index is 12.1. The van der Waals surface area contributed by atoms with Gasteiger partial charge in [-0.3, -0.25) is 4.79 Å². The molecule has 0 spiro atoms. The summed E-state index contributed by atoms with van der Waals surface area (Å²) in [6, 6.07) is 1.91. The average molecular weight is 318 g/mol. The zero-order chi connectivity index (χ0) is 17.1. The lowest BCUT2D eigenvalue weighted by molar-refractivity contribution is -0.122. The molecule has 23 heavy (non-hydrogen) atoms. The Labute approximate surface area is 136 Å². The average Bonchev–Trinajstić information content (AvgIpc) is 2.86. The second-order valence-electron chi connectivity index (χ2n) is 6.33. The molecular formula is C17H26N4O2. The molecule has 0 saturated heterocycles. The number of aliphatic hydroxyl groups excluding tert-OH is 1. The van der Waals surface area contributed by atoms with Crippen molar-refractivity contribution in [3.05, 3.63) is 28.7 Å². The van der Waals surface area contributed by atoms with Crippen molar-refractivity contribution in [2.75, 3.05) is 6.61 Å². The van der Waals surface area contributed by atoms with Gasteiger partial charge >= 0.3 is 0 Å². The first-order chi connectivity index (χ1) is 10.8. The van der Waals surface area contributed by atoms with Crippen molar-refractivity contribution >= 4 is 11.6 Å². The third-order valence-electron chi connectivity index (χ3n) is 4.42. The standard InChI is InChI=1S/C17H26N4O2/c1-10(9-22)12(3)19-17(23)7-6-15-13(4)18-16-8-11(2)20-21(16)14(15)5/h8,10,12,22H,6-7,9H2,1-5H3,(H,19,23). The Kier molecular flexibility index (Phi) is 5.36. The number of nitrogens with one attached hydrogen (secondary N) is 1. The van der Waals surface area contributed by atoms with Gasteiger partial charge in [0.1, 0.15) is 0 Å². The molecule has 0 radical (unpaired) electrons. The Hall–Kier alpha value is -1.95. The minimum Gasteiger partial charge on any atom is -0.396 e. The molecule has 0 aliphatic carbocycles. The number of hydrogen-bond donors (Lipinski definition) is 2. The first kappa shape index (κ1) is 17.4. The molecule has 1 amide bonds. The highest BCUT2D eigenvalue weighted by atomic mass is 16.3. The summed E-state index contributed by atoms with van der Waals surface area (Å²) < 4.78 is 1.84. The summed E-state index contributed by atoms with van der Waals surface area (Å²) in [7, 11) is 0. The Morgan fingerprint density at radius 2 is 2.04 bits per heavy atom. The number of nitrogens with zero attached hydrogens (tertiary/aromatic N) is 3. The van der Waals surface area contributed by atoms with Crippen LogP contribution in [0.15, 0.2) is 6.07 Å². The second kappa shape index (κ2) is 7.08. The van der Waals surface area contributed by atoms with Gasteiger partial charge in [-0.1, -0.05) is 6.92 Å². The van der Waals surface area contributed by atoms with E-state index in [4.69, 9.17) is 5.11 Å². The third-order valence-corrected chi connectivity index (χ3v) is 4.42. The van der Waals surface area contributed by atoms with E-state index >= 15 is 0 Å². The molecule has 6 nitrogen and oxygen atoms in total. The highest BCUT2D eigenvalue weighted by molar-refractivity contribution is 5.76. The van der Waals surface area contributed by atoms with Crippen molar-refractivity contribution in [1.29, 1.82) is 0 Å². The SMILES string of the molecule is Cc1cc2nc(C)c(CCC(=O)NC(C)C(C)CO)c(C)n2n1. The fraction of sp³-hybridized carbons (Fsp3) is 0.588. The first-order valence-electron chi connectivity index (χ1n) is 8.06. The smallest absolute Gasteiger partial charge is 0.220 e. The van der Waals surface area contributed by atoms with Crippen LogP contribution in [0.25, 0.3) is 5.65 Å². The van der Waals surface area contributed by atoms with Crippen LogP contribution >= 0.6 is 0 Å². The maximum Gasteiger partial charge on any atom is 0.220 e. The predicted molar refractivity (Wildman–Crippen MR) is 89.4 cm³/mol. The van der Waals surface area contributed by atoms with Crippen molar-refractivity contribution in [2.24, 2.45) is 5.92 Å². The lowest BCUT2D eigenvalue weighted by atomic mass is 10.0. The summed E-state index contributed by atoms with van der Waals surface area (Å²) >= 11 is 0. The number of hydrogen-bond acceptors (Lipinski definition) is 4. The molecule has 0 aliphatic heterocycles. The molecule has 2 rings (SSSR count). The summed E-state index contributed by atoms with van der Waals surface area (Å²) in [4.78, 5) is 16.7. The van der Waals surface area contributed by atoms with Crippen LogP contribution in [0, 0.1) is 26.7 Å². The zero-order valence-electron chi connectivity index (χ0n) is 14.6. The van der Waals surface area contributed by atoms with E-state index in [0.29, 0.717) is 12.8 Å². The van der Waals surface area contributed by atoms with E-state index in [2.05, 4.69) is 15.4 Å². The Balaban J connectivity index is 2.08. The minimum atomic E-state index is -0.0379. The number of carbonyl (C=O) groups excluding carboxylic acids is 1. The van der Waals surface area contributed by atoms with E-state index in [1.165, 1.54) is 0 Å². The number of aliphatic hydroxyl groups is 1. The number of fused-ring (bicyclic) bond motifs is 1. The molecule has 2 aromatic heterocycles. The first-order valence-corrected chi connectivity index (χ1v) is 8.06. The van der Waals surface area contributed by atoms with Crippen LogP contribution in [-0.4, -0.2) is 38.3 Å². The van der Waals surface area contributed by atoms with Crippen LogP contribution in [0.2, 0.25) is 0 Å². The number of amides is 1. The van der Waals surface area contributed by atoms with Gasteiger partial charge in [-0.25, -0.2) is 9.50 Å². The highest BCUT2D eigenvalue weighted by Gasteiger charge is 2.16. The summed E-state index contributed by atoms with van der Waals surface area (Å²) in [5, 5.41) is 16.5. The van der Waals surface area contributed by atoms with Crippen LogP contribution in [0.3, 0.4) is 0 Å². The van der Waals surface area contributed by atoms with Gasteiger partial charge in [0, 0.05) is 36.5 Å². The Bertz CT molecular complexity index is 708. The lowest BCUT2D eigenvalue weighted by Gasteiger charge is -2.19. The lowest BCUT2D eigenvalue weighted by Crippen LogP contribution is -2.38. The van der Waals surface area contributed by atoms with Gasteiger partial charge in [0.2, 0.25) is 5.91 Å². The Morgan fingerprint density at radius 3 is 2.70 bits per heavy atom. The van der Waals surface area contributed by atoms with E-state index < -0.39 is 0 Å². The number of carbonyl (C=O) groups is 1. The zero-order valence-corrected chi connectivity index (χ0v) is 14.6. The quantitative estimate of drug-likeness (QED) is 0.850. The van der Waals surface area contributed by atoms with Gasteiger partial charge in [-0.05, 0) is 45.6 Å². The van der Waals surface area contributed by atoms with Crippen molar-refractivity contribution in [2.45, 2.75) is 53.5 Å². The van der Waals surface area contributed by atoms with Gasteiger partial charge in [0.25, 0.3) is 0 Å². The van der Waals surface area contributed by atoms with Gasteiger partial charge in [-0.2, -0.15) is 5.10 Å². The number of aryl methyl sites for hydroxylation is 3. The van der Waals surface area contributed by atoms with Crippen molar-refractivity contribution < 1.29 is 9.90 Å². The van der Waals surface area contributed by atoms with Crippen molar-refractivity contribution in [3.63, 3.8) is 0 Å². The van der Waals surface area contributed by atoms with Gasteiger partial charge < -0.3 is 10.4 Å². The fourth-order valence-electron chi connectivity index (χ4n) is 2.67. The second-order valence-corrected chi connectivity index (χ2v) is 6.33. The highest BCUT2D eigenvalue weighted by Crippen LogP contribution is 2.17. The molecule has 2 N–H and O–H groups in total. The van der Waals surface area contributed by atoms with Crippen LogP contribution in [0.5, 0.6) is 0 Å². The molecule has 2 heterocycles.